The second kappa shape index (κ2) is 7.46. The first kappa shape index (κ1) is 16.7. The average molecular weight is 299 g/mol. The second-order valence-corrected chi connectivity index (χ2v) is 7.15. The van der Waals surface area contributed by atoms with Crippen LogP contribution < -0.4 is 9.61 Å². The summed E-state index contributed by atoms with van der Waals surface area (Å²) in [6, 6.07) is 8.20. The molecule has 0 bridgehead atoms. The number of carbonyl (C=O) groups is 1. The van der Waals surface area contributed by atoms with Gasteiger partial charge in [-0.3, -0.25) is 9.36 Å². The third kappa shape index (κ3) is 5.35. The predicted molar refractivity (Wildman–Crippen MR) is 79.0 cm³/mol. The molecule has 0 heterocycles. The summed E-state index contributed by atoms with van der Waals surface area (Å²) in [4.78, 5) is 11.7. The van der Waals surface area contributed by atoms with Gasteiger partial charge in [-0.2, -0.15) is 0 Å². The number of hydrogen-bond acceptors (Lipinski definition) is 4. The van der Waals surface area contributed by atoms with Gasteiger partial charge in [0, 0.05) is 6.16 Å². The van der Waals surface area contributed by atoms with E-state index in [1.165, 1.54) is 0 Å². The normalized spacial score (nSPS) is 15.4. The van der Waals surface area contributed by atoms with Crippen molar-refractivity contribution < 1.29 is 18.6 Å². The zero-order valence-electron chi connectivity index (χ0n) is 12.3. The van der Waals surface area contributed by atoms with Crippen LogP contribution in [0, 0.1) is 0 Å². The number of carbonyl (C=O) groups excluding carboxylic acids is 1. The molecule has 0 amide bonds. The Hall–Kier alpha value is -1.32. The third-order valence-electron chi connectivity index (χ3n) is 2.51. The van der Waals surface area contributed by atoms with Crippen molar-refractivity contribution in [1.29, 1.82) is 0 Å². The number of hydrogen-bond donors (Lipinski definition) is 1. The topological polar surface area (TPSA) is 64.6 Å². The summed E-state index contributed by atoms with van der Waals surface area (Å²) in [5.74, 6) is 0.0694. The van der Waals surface area contributed by atoms with Crippen LogP contribution in [-0.2, 0) is 14.1 Å². The van der Waals surface area contributed by atoms with Crippen molar-refractivity contribution in [2.75, 3.05) is 6.16 Å². The third-order valence-corrected chi connectivity index (χ3v) is 4.63. The molecule has 1 unspecified atom stereocenters. The quantitative estimate of drug-likeness (QED) is 0.618. The molecule has 0 saturated carbocycles. The van der Waals surface area contributed by atoms with Crippen molar-refractivity contribution >= 4 is 13.5 Å². The van der Waals surface area contributed by atoms with Gasteiger partial charge < -0.3 is 9.26 Å². The van der Waals surface area contributed by atoms with E-state index in [9.17, 15) is 9.36 Å². The Morgan fingerprint density at radius 3 is 2.35 bits per heavy atom. The Bertz CT molecular complexity index is 475. The van der Waals surface area contributed by atoms with E-state index in [0.717, 1.165) is 0 Å². The molecule has 0 fully saturated rings. The standard InChI is InChI=1S/C14H22NO4P/c1-5-20(17,19-13-9-7-6-8-10-13)15-12(4)14(16)18-11(2)3/h6-12H,5H2,1-4H3,(H,15,17)/t12-,20?/m0/s1. The minimum absolute atomic E-state index is 0.206. The van der Waals surface area contributed by atoms with Crippen LogP contribution in [0.15, 0.2) is 30.3 Å². The number of esters is 1. The Morgan fingerprint density at radius 2 is 1.85 bits per heavy atom. The Labute approximate surface area is 120 Å². The molecule has 0 aliphatic carbocycles. The molecule has 2 atom stereocenters. The minimum atomic E-state index is -3.13. The Kier molecular flexibility index (Phi) is 6.24. The molecular weight excluding hydrogens is 277 g/mol. The van der Waals surface area contributed by atoms with E-state index >= 15 is 0 Å². The largest absolute Gasteiger partial charge is 0.462 e. The first-order chi connectivity index (χ1) is 9.36. The monoisotopic (exact) mass is 299 g/mol. The van der Waals surface area contributed by atoms with Crippen LogP contribution >= 0.6 is 7.52 Å². The van der Waals surface area contributed by atoms with Crippen molar-refractivity contribution in [2.45, 2.75) is 39.8 Å². The first-order valence-corrected chi connectivity index (χ1v) is 8.49. The molecule has 1 N–H and O–H groups in total. The Morgan fingerprint density at radius 1 is 1.25 bits per heavy atom. The molecular formula is C14H22NO4P. The molecule has 0 aliphatic heterocycles. The fraction of sp³-hybridized carbons (Fsp3) is 0.500. The summed E-state index contributed by atoms with van der Waals surface area (Å²) < 4.78 is 23.2. The van der Waals surface area contributed by atoms with Crippen LogP contribution in [0.3, 0.4) is 0 Å². The van der Waals surface area contributed by atoms with Gasteiger partial charge in [0.2, 0.25) is 0 Å². The van der Waals surface area contributed by atoms with Crippen LogP contribution in [0.2, 0.25) is 0 Å². The number of ether oxygens (including phenoxy) is 1. The van der Waals surface area contributed by atoms with Gasteiger partial charge in [0.15, 0.2) is 0 Å². The minimum Gasteiger partial charge on any atom is -0.462 e. The molecule has 0 spiro atoms. The lowest BCUT2D eigenvalue weighted by atomic mass is 10.3. The van der Waals surface area contributed by atoms with Crippen molar-refractivity contribution in [3.8, 4) is 5.75 Å². The maximum Gasteiger partial charge on any atom is 0.323 e. The average Bonchev–Trinajstić information content (AvgIpc) is 2.39. The molecule has 112 valence electrons. The summed E-state index contributed by atoms with van der Waals surface area (Å²) in [5, 5.41) is 2.76. The number of para-hydroxylation sites is 1. The van der Waals surface area contributed by atoms with Crippen molar-refractivity contribution in [3.63, 3.8) is 0 Å². The van der Waals surface area contributed by atoms with Gasteiger partial charge in [0.1, 0.15) is 11.8 Å². The van der Waals surface area contributed by atoms with Gasteiger partial charge in [0.25, 0.3) is 0 Å². The van der Waals surface area contributed by atoms with E-state index in [1.807, 2.05) is 6.07 Å². The molecule has 0 radical (unpaired) electrons. The molecule has 0 aromatic heterocycles. The molecule has 5 nitrogen and oxygen atoms in total. The molecule has 1 aromatic carbocycles. The summed E-state index contributed by atoms with van der Waals surface area (Å²) in [7, 11) is -3.13. The smallest absolute Gasteiger partial charge is 0.323 e. The zero-order valence-corrected chi connectivity index (χ0v) is 13.2. The lowest BCUT2D eigenvalue weighted by molar-refractivity contribution is -0.149. The van der Waals surface area contributed by atoms with Crippen LogP contribution in [0.1, 0.15) is 27.7 Å². The van der Waals surface area contributed by atoms with Gasteiger partial charge >= 0.3 is 13.5 Å². The fourth-order valence-electron chi connectivity index (χ4n) is 1.52. The van der Waals surface area contributed by atoms with E-state index in [0.29, 0.717) is 5.75 Å². The number of rotatable bonds is 7. The molecule has 20 heavy (non-hydrogen) atoms. The summed E-state index contributed by atoms with van der Waals surface area (Å²) in [6.45, 7) is 6.90. The molecule has 1 rings (SSSR count). The predicted octanol–water partition coefficient (Wildman–Crippen LogP) is 3.21. The first-order valence-electron chi connectivity index (χ1n) is 6.68. The van der Waals surface area contributed by atoms with Gasteiger partial charge in [-0.1, -0.05) is 25.1 Å². The number of nitrogens with one attached hydrogen (secondary N) is 1. The fourth-order valence-corrected chi connectivity index (χ4v) is 3.04. The van der Waals surface area contributed by atoms with E-state index in [1.54, 1.807) is 52.0 Å². The highest BCUT2D eigenvalue weighted by molar-refractivity contribution is 7.57. The molecule has 0 aliphatic rings. The maximum absolute atomic E-state index is 12.6. The molecule has 0 saturated heterocycles. The van der Waals surface area contributed by atoms with Crippen LogP contribution in [0.4, 0.5) is 0 Å². The van der Waals surface area contributed by atoms with E-state index < -0.39 is 19.5 Å². The van der Waals surface area contributed by atoms with Gasteiger partial charge in [-0.15, -0.1) is 0 Å². The lowest BCUT2D eigenvalue weighted by Crippen LogP contribution is -2.36. The van der Waals surface area contributed by atoms with Crippen molar-refractivity contribution in [3.05, 3.63) is 30.3 Å². The van der Waals surface area contributed by atoms with Crippen molar-refractivity contribution in [1.82, 2.24) is 5.09 Å². The van der Waals surface area contributed by atoms with Crippen LogP contribution in [0.25, 0.3) is 0 Å². The summed E-state index contributed by atoms with van der Waals surface area (Å²) in [6.07, 6.45) is 0.0732. The summed E-state index contributed by atoms with van der Waals surface area (Å²) in [5.41, 5.74) is 0. The highest BCUT2D eigenvalue weighted by Crippen LogP contribution is 2.42. The van der Waals surface area contributed by atoms with E-state index in [-0.39, 0.29) is 12.3 Å². The van der Waals surface area contributed by atoms with E-state index in [4.69, 9.17) is 9.26 Å². The lowest BCUT2D eigenvalue weighted by Gasteiger charge is -2.23. The second-order valence-electron chi connectivity index (χ2n) is 4.73. The van der Waals surface area contributed by atoms with Crippen LogP contribution in [0.5, 0.6) is 5.75 Å². The Balaban J connectivity index is 2.70. The van der Waals surface area contributed by atoms with Crippen LogP contribution in [-0.4, -0.2) is 24.3 Å². The highest BCUT2D eigenvalue weighted by Gasteiger charge is 2.28. The molecule has 6 heteroatoms. The molecule has 1 aromatic rings. The van der Waals surface area contributed by atoms with Gasteiger partial charge in [0.05, 0.1) is 6.10 Å². The number of benzene rings is 1. The van der Waals surface area contributed by atoms with Gasteiger partial charge in [-0.05, 0) is 32.9 Å². The van der Waals surface area contributed by atoms with E-state index in [2.05, 4.69) is 5.09 Å². The van der Waals surface area contributed by atoms with Crippen molar-refractivity contribution in [2.24, 2.45) is 0 Å². The summed E-state index contributed by atoms with van der Waals surface area (Å²) >= 11 is 0. The zero-order chi connectivity index (χ0) is 15.2. The SMILES string of the molecule is CCP(=O)(N[C@@H](C)C(=O)OC(C)C)Oc1ccccc1. The maximum atomic E-state index is 12.6. The van der Waals surface area contributed by atoms with Gasteiger partial charge in [-0.25, -0.2) is 5.09 Å². The highest BCUT2D eigenvalue weighted by atomic mass is 31.2.